The van der Waals surface area contributed by atoms with Gasteiger partial charge in [0.15, 0.2) is 24.1 Å². The Morgan fingerprint density at radius 1 is 1.15 bits per heavy atom. The van der Waals surface area contributed by atoms with Gasteiger partial charge < -0.3 is 24.7 Å². The highest BCUT2D eigenvalue weighted by Gasteiger charge is 2.51. The highest BCUT2D eigenvalue weighted by Crippen LogP contribution is 2.36. The average molecular weight is 397 g/mol. The molecule has 0 aromatic carbocycles. The van der Waals surface area contributed by atoms with Gasteiger partial charge in [-0.1, -0.05) is 12.2 Å². The molecule has 0 spiro atoms. The number of rotatable bonds is 6. The SMILES string of the molecule is CC(=O)OC[C@H]1O[C@@H](c2nccc(C(N)=S)n2)[C@H](OC(C)=O)[C@@H]1OC(C)=O. The van der Waals surface area contributed by atoms with Gasteiger partial charge in [0.05, 0.1) is 0 Å². The number of carbonyl (C=O) groups excluding carboxylic acids is 3. The molecule has 2 heterocycles. The van der Waals surface area contributed by atoms with Gasteiger partial charge in [0.25, 0.3) is 0 Å². The van der Waals surface area contributed by atoms with Crippen molar-refractivity contribution in [2.75, 3.05) is 6.61 Å². The van der Waals surface area contributed by atoms with E-state index in [1.54, 1.807) is 0 Å². The van der Waals surface area contributed by atoms with Crippen LogP contribution in [0.2, 0.25) is 0 Å². The van der Waals surface area contributed by atoms with E-state index in [9.17, 15) is 14.4 Å². The molecule has 27 heavy (non-hydrogen) atoms. The van der Waals surface area contributed by atoms with Gasteiger partial charge in [-0.25, -0.2) is 9.97 Å². The van der Waals surface area contributed by atoms with Crippen LogP contribution in [0.15, 0.2) is 12.3 Å². The Morgan fingerprint density at radius 3 is 2.33 bits per heavy atom. The first-order chi connectivity index (χ1) is 12.7. The molecule has 1 saturated heterocycles. The Morgan fingerprint density at radius 2 is 1.78 bits per heavy atom. The molecule has 0 saturated carbocycles. The molecule has 0 bridgehead atoms. The molecule has 10 nitrogen and oxygen atoms in total. The zero-order valence-electron chi connectivity index (χ0n) is 14.9. The van der Waals surface area contributed by atoms with Gasteiger partial charge in [0.1, 0.15) is 23.4 Å². The van der Waals surface area contributed by atoms with Gasteiger partial charge >= 0.3 is 17.9 Å². The molecule has 1 aliphatic heterocycles. The number of esters is 3. The second-order valence-electron chi connectivity index (χ2n) is 5.71. The van der Waals surface area contributed by atoms with Gasteiger partial charge in [-0.05, 0) is 6.07 Å². The summed E-state index contributed by atoms with van der Waals surface area (Å²) in [6, 6.07) is 1.52. The lowest BCUT2D eigenvalue weighted by Gasteiger charge is -2.23. The highest BCUT2D eigenvalue weighted by molar-refractivity contribution is 7.80. The van der Waals surface area contributed by atoms with Crippen LogP contribution in [0.3, 0.4) is 0 Å². The maximum atomic E-state index is 11.6. The number of hydrogen-bond acceptors (Lipinski definition) is 10. The molecule has 11 heteroatoms. The Balaban J connectivity index is 2.39. The lowest BCUT2D eigenvalue weighted by atomic mass is 10.1. The van der Waals surface area contributed by atoms with Crippen molar-refractivity contribution in [2.45, 2.75) is 45.2 Å². The van der Waals surface area contributed by atoms with Gasteiger partial charge in [0, 0.05) is 27.0 Å². The zero-order chi connectivity index (χ0) is 20.1. The van der Waals surface area contributed by atoms with Crippen molar-refractivity contribution in [3.63, 3.8) is 0 Å². The molecular weight excluding hydrogens is 378 g/mol. The molecule has 1 aliphatic rings. The highest BCUT2D eigenvalue weighted by atomic mass is 32.1. The Labute approximate surface area is 160 Å². The van der Waals surface area contributed by atoms with E-state index in [1.807, 2.05) is 0 Å². The molecule has 1 aromatic rings. The van der Waals surface area contributed by atoms with E-state index in [1.165, 1.54) is 33.0 Å². The second-order valence-corrected chi connectivity index (χ2v) is 6.15. The van der Waals surface area contributed by atoms with Crippen LogP contribution in [0, 0.1) is 0 Å². The minimum atomic E-state index is -1.05. The fraction of sp³-hybridized carbons (Fsp3) is 0.500. The number of nitrogens with two attached hydrogens (primary N) is 1. The summed E-state index contributed by atoms with van der Waals surface area (Å²) in [6.45, 7) is 3.42. The number of aromatic nitrogens is 2. The van der Waals surface area contributed by atoms with Crippen LogP contribution in [0.4, 0.5) is 0 Å². The van der Waals surface area contributed by atoms with E-state index in [2.05, 4.69) is 9.97 Å². The first-order valence-electron chi connectivity index (χ1n) is 7.95. The quantitative estimate of drug-likeness (QED) is 0.393. The number of ether oxygens (including phenoxy) is 4. The van der Waals surface area contributed by atoms with Gasteiger partial charge in [-0.2, -0.15) is 0 Å². The molecule has 0 amide bonds. The second kappa shape index (κ2) is 8.82. The molecule has 1 aromatic heterocycles. The molecule has 0 aliphatic carbocycles. The fourth-order valence-corrected chi connectivity index (χ4v) is 2.69. The van der Waals surface area contributed by atoms with E-state index >= 15 is 0 Å². The summed E-state index contributed by atoms with van der Waals surface area (Å²) in [4.78, 5) is 42.6. The number of thiocarbonyl (C=S) groups is 1. The smallest absolute Gasteiger partial charge is 0.303 e. The van der Waals surface area contributed by atoms with E-state index < -0.39 is 42.3 Å². The zero-order valence-corrected chi connectivity index (χ0v) is 15.7. The van der Waals surface area contributed by atoms with Gasteiger partial charge in [0.2, 0.25) is 0 Å². The molecule has 0 radical (unpaired) electrons. The Hall–Kier alpha value is -2.66. The maximum Gasteiger partial charge on any atom is 0.303 e. The monoisotopic (exact) mass is 397 g/mol. The van der Waals surface area contributed by atoms with Crippen molar-refractivity contribution in [3.05, 3.63) is 23.8 Å². The van der Waals surface area contributed by atoms with E-state index in [0.29, 0.717) is 5.69 Å². The summed E-state index contributed by atoms with van der Waals surface area (Å²) in [5, 5.41) is 0. The predicted molar refractivity (Wildman–Crippen MR) is 93.3 cm³/mol. The maximum absolute atomic E-state index is 11.6. The largest absolute Gasteiger partial charge is 0.463 e. The summed E-state index contributed by atoms with van der Waals surface area (Å²) in [6.07, 6.45) is -2.51. The van der Waals surface area contributed by atoms with E-state index in [-0.39, 0.29) is 17.4 Å². The fourth-order valence-electron chi connectivity index (χ4n) is 2.57. The molecular formula is C16H19N3O7S. The molecule has 146 valence electrons. The summed E-state index contributed by atoms with van der Waals surface area (Å²) >= 11 is 4.90. The lowest BCUT2D eigenvalue weighted by molar-refractivity contribution is -0.165. The van der Waals surface area contributed by atoms with Crippen LogP contribution >= 0.6 is 12.2 Å². The van der Waals surface area contributed by atoms with Crippen LogP contribution < -0.4 is 5.73 Å². The van der Waals surface area contributed by atoms with Crippen molar-refractivity contribution in [3.8, 4) is 0 Å². The predicted octanol–water partition coefficient (Wildman–Crippen LogP) is -0.0228. The molecule has 4 atom stereocenters. The van der Waals surface area contributed by atoms with Crippen LogP contribution in [-0.4, -0.2) is 57.8 Å². The minimum absolute atomic E-state index is 0.0497. The Kier molecular flexibility index (Phi) is 6.75. The van der Waals surface area contributed by atoms with Crippen LogP contribution in [0.25, 0.3) is 0 Å². The third-order valence-corrected chi connectivity index (χ3v) is 3.76. The Bertz CT molecular complexity index is 757. The molecule has 0 unspecified atom stereocenters. The van der Waals surface area contributed by atoms with Gasteiger partial charge in [-0.3, -0.25) is 14.4 Å². The number of hydrogen-bond donors (Lipinski definition) is 1. The third-order valence-electron chi connectivity index (χ3n) is 3.55. The summed E-state index contributed by atoms with van der Waals surface area (Å²) < 4.78 is 21.3. The number of carbonyl (C=O) groups is 3. The third kappa shape index (κ3) is 5.41. The lowest BCUT2D eigenvalue weighted by Crippen LogP contribution is -2.40. The summed E-state index contributed by atoms with van der Waals surface area (Å²) in [7, 11) is 0. The normalized spacial score (nSPS) is 24.1. The number of nitrogens with zero attached hydrogens (tertiary/aromatic N) is 2. The van der Waals surface area contributed by atoms with Crippen LogP contribution in [0.1, 0.15) is 38.4 Å². The van der Waals surface area contributed by atoms with Crippen molar-refractivity contribution in [2.24, 2.45) is 5.73 Å². The van der Waals surface area contributed by atoms with Crippen molar-refractivity contribution < 1.29 is 33.3 Å². The first kappa shape index (κ1) is 20.6. The first-order valence-corrected chi connectivity index (χ1v) is 8.36. The summed E-state index contributed by atoms with van der Waals surface area (Å²) in [5.41, 5.74) is 5.89. The average Bonchev–Trinajstić information content (AvgIpc) is 2.89. The van der Waals surface area contributed by atoms with Crippen molar-refractivity contribution in [1.29, 1.82) is 0 Å². The van der Waals surface area contributed by atoms with Gasteiger partial charge in [-0.15, -0.1) is 0 Å². The summed E-state index contributed by atoms with van der Waals surface area (Å²) in [5.74, 6) is -1.65. The van der Waals surface area contributed by atoms with Crippen molar-refractivity contribution in [1.82, 2.24) is 9.97 Å². The van der Waals surface area contributed by atoms with Crippen LogP contribution in [-0.2, 0) is 33.3 Å². The van der Waals surface area contributed by atoms with Crippen LogP contribution in [0.5, 0.6) is 0 Å². The van der Waals surface area contributed by atoms with E-state index in [0.717, 1.165) is 0 Å². The molecule has 1 fully saturated rings. The van der Waals surface area contributed by atoms with E-state index in [4.69, 9.17) is 36.9 Å². The standard InChI is InChI=1S/C16H19N3O7S/c1-7(20)23-6-11-12(24-8(2)21)13(25-9(3)22)14(26-11)16-18-5-4-10(19-16)15(17)27/h4-5,11-14H,6H2,1-3H3,(H2,17,27)/t11-,12-,13-,14-/m1/s1. The molecule has 2 rings (SSSR count). The minimum Gasteiger partial charge on any atom is -0.463 e. The van der Waals surface area contributed by atoms with Crippen molar-refractivity contribution >= 4 is 35.1 Å². The topological polar surface area (TPSA) is 140 Å². The molecule has 2 N–H and O–H groups in total.